The van der Waals surface area contributed by atoms with Crippen LogP contribution in [-0.4, -0.2) is 86.7 Å². The van der Waals surface area contributed by atoms with Crippen molar-refractivity contribution in [1.82, 2.24) is 0 Å². The number of rotatable bonds is 7. The maximum atomic E-state index is 12.1. The number of carbonyl (C=O) groups is 2. The van der Waals surface area contributed by atoms with Crippen molar-refractivity contribution in [1.29, 1.82) is 0 Å². The van der Waals surface area contributed by atoms with Crippen LogP contribution in [0.4, 0.5) is 0 Å². The van der Waals surface area contributed by atoms with Gasteiger partial charge in [-0.15, -0.1) is 0 Å². The maximum absolute atomic E-state index is 12.1. The first-order valence-electron chi connectivity index (χ1n) is 11.6. The first-order valence-corrected chi connectivity index (χ1v) is 11.6. The molecule has 0 bridgehead atoms. The molecule has 11 heteroatoms. The second kappa shape index (κ2) is 10.7. The van der Waals surface area contributed by atoms with Crippen molar-refractivity contribution < 1.29 is 54.1 Å². The Labute approximate surface area is 207 Å². The summed E-state index contributed by atoms with van der Waals surface area (Å²) < 4.78 is 22.0. The number of ether oxygens (including phenoxy) is 4. The first-order chi connectivity index (χ1) is 17.1. The Kier molecular flexibility index (Phi) is 7.79. The Morgan fingerprint density at radius 2 is 1.83 bits per heavy atom. The van der Waals surface area contributed by atoms with Crippen molar-refractivity contribution in [2.24, 2.45) is 11.8 Å². The maximum Gasteiger partial charge on any atom is 0.334 e. The fraction of sp³-hybridized carbons (Fsp3) is 0.520. The lowest BCUT2D eigenvalue weighted by Crippen LogP contribution is -2.61. The summed E-state index contributed by atoms with van der Waals surface area (Å²) in [4.78, 5) is 23.7. The number of hydrogen-bond donors (Lipinski definition) is 5. The molecule has 1 aliphatic carbocycles. The summed E-state index contributed by atoms with van der Waals surface area (Å²) in [5.41, 5.74) is -0.530. The first kappa shape index (κ1) is 26.3. The van der Waals surface area contributed by atoms with Crippen LogP contribution in [0.15, 0.2) is 48.2 Å². The van der Waals surface area contributed by atoms with Crippen LogP contribution in [-0.2, 0) is 28.5 Å². The molecule has 11 nitrogen and oxygen atoms in total. The summed E-state index contributed by atoms with van der Waals surface area (Å²) in [5.74, 6) is -3.22. The number of carboxylic acid groups (broad SMARTS) is 1. The molecule has 5 N–H and O–H groups in total. The molecule has 1 aromatic carbocycles. The van der Waals surface area contributed by atoms with Crippen LogP contribution >= 0.6 is 0 Å². The number of aliphatic carboxylic acids is 1. The summed E-state index contributed by atoms with van der Waals surface area (Å²) in [6, 6.07) is 9.05. The predicted octanol–water partition coefficient (Wildman–Crippen LogP) is 0.169. The summed E-state index contributed by atoms with van der Waals surface area (Å²) in [6.45, 7) is 1.10. The standard InChI is InChI=1S/C25H30O11/c1-25(32)10-9-14-15(22(30)31)11-34-23(18(14)25)36-24-21(29)20(28)19(27)16(35-24)12-33-17(26)8-7-13-5-3-2-4-6-13/h2-8,11,14,16,18-21,23-24,27-29,32H,9-10,12H2,1H3,(H,30,31)/b8-7+/t14-,16-,18-,19-,20+,21-,23+,24+,25+/m1/s1. The fourth-order valence-corrected chi connectivity index (χ4v) is 4.94. The van der Waals surface area contributed by atoms with Gasteiger partial charge in [0.2, 0.25) is 6.29 Å². The number of hydrogen-bond acceptors (Lipinski definition) is 10. The molecule has 0 spiro atoms. The second-order valence-electron chi connectivity index (χ2n) is 9.44. The van der Waals surface area contributed by atoms with E-state index in [1.165, 1.54) is 6.08 Å². The summed E-state index contributed by atoms with van der Waals surface area (Å²) in [6.07, 6.45) is -4.43. The van der Waals surface area contributed by atoms with Gasteiger partial charge >= 0.3 is 11.9 Å². The Morgan fingerprint density at radius 1 is 1.11 bits per heavy atom. The third-order valence-corrected chi connectivity index (χ3v) is 6.92. The minimum Gasteiger partial charge on any atom is -0.478 e. The number of aliphatic hydroxyl groups is 4. The topological polar surface area (TPSA) is 172 Å². The zero-order chi connectivity index (χ0) is 26.0. The van der Waals surface area contributed by atoms with Gasteiger partial charge in [0.1, 0.15) is 31.0 Å². The van der Waals surface area contributed by atoms with Crippen LogP contribution in [0.3, 0.4) is 0 Å². The van der Waals surface area contributed by atoms with Gasteiger partial charge in [0, 0.05) is 12.0 Å². The van der Waals surface area contributed by atoms with Gasteiger partial charge in [-0.1, -0.05) is 30.3 Å². The van der Waals surface area contributed by atoms with Crippen molar-refractivity contribution in [2.75, 3.05) is 6.61 Å². The molecule has 1 aromatic rings. The molecule has 1 saturated carbocycles. The Morgan fingerprint density at radius 3 is 2.53 bits per heavy atom. The number of aliphatic hydroxyl groups excluding tert-OH is 3. The molecule has 36 heavy (non-hydrogen) atoms. The predicted molar refractivity (Wildman–Crippen MR) is 122 cm³/mol. The normalized spacial score (nSPS) is 38.2. The lowest BCUT2D eigenvalue weighted by Gasteiger charge is -2.44. The van der Waals surface area contributed by atoms with E-state index in [4.69, 9.17) is 18.9 Å². The molecule has 3 aliphatic rings. The van der Waals surface area contributed by atoms with Gasteiger partial charge in [-0.25, -0.2) is 9.59 Å². The molecule has 0 amide bonds. The van der Waals surface area contributed by atoms with Gasteiger partial charge in [-0.3, -0.25) is 0 Å². The van der Waals surface area contributed by atoms with Crippen LogP contribution in [0, 0.1) is 11.8 Å². The van der Waals surface area contributed by atoms with Gasteiger partial charge in [0.25, 0.3) is 0 Å². The van der Waals surface area contributed by atoms with E-state index in [1.54, 1.807) is 25.1 Å². The van der Waals surface area contributed by atoms with Gasteiger partial charge in [0.15, 0.2) is 6.29 Å². The highest BCUT2D eigenvalue weighted by Gasteiger charge is 2.56. The molecule has 0 aromatic heterocycles. The Balaban J connectivity index is 1.42. The number of fused-ring (bicyclic) bond motifs is 1. The number of carbonyl (C=O) groups excluding carboxylic acids is 1. The molecule has 0 unspecified atom stereocenters. The molecule has 2 aliphatic heterocycles. The average molecular weight is 507 g/mol. The molecule has 4 rings (SSSR count). The third-order valence-electron chi connectivity index (χ3n) is 6.92. The van der Waals surface area contributed by atoms with Crippen LogP contribution in [0.2, 0.25) is 0 Å². The van der Waals surface area contributed by atoms with Crippen molar-refractivity contribution in [3.8, 4) is 0 Å². The summed E-state index contributed by atoms with van der Waals surface area (Å²) in [5, 5.41) is 51.4. The van der Waals surface area contributed by atoms with E-state index in [2.05, 4.69) is 0 Å². The minimum atomic E-state index is -1.69. The van der Waals surface area contributed by atoms with Gasteiger partial charge < -0.3 is 44.5 Å². The van der Waals surface area contributed by atoms with Crippen LogP contribution < -0.4 is 0 Å². The SMILES string of the molecule is C[C@]1(O)CC[C@@H]2C(C(=O)O)=CO[C@@H](O[C@@H]3O[C@H](COC(=O)/C=C/c4ccccc4)[C@@H](O)[C@H](O)[C@H]3O)[C@@H]21. The summed E-state index contributed by atoms with van der Waals surface area (Å²) >= 11 is 0. The average Bonchev–Trinajstić information content (AvgIpc) is 3.18. The molecule has 2 heterocycles. The van der Waals surface area contributed by atoms with Crippen molar-refractivity contribution in [3.63, 3.8) is 0 Å². The number of benzene rings is 1. The number of carboxylic acids is 1. The number of esters is 1. The largest absolute Gasteiger partial charge is 0.478 e. The molecule has 196 valence electrons. The van der Waals surface area contributed by atoms with E-state index in [0.717, 1.165) is 11.8 Å². The lowest BCUT2D eigenvalue weighted by atomic mass is 9.81. The Hall–Kier alpha value is -2.80. The third kappa shape index (κ3) is 5.46. The van der Waals surface area contributed by atoms with Crippen LogP contribution in [0.1, 0.15) is 25.3 Å². The van der Waals surface area contributed by atoms with Crippen molar-refractivity contribution >= 4 is 18.0 Å². The van der Waals surface area contributed by atoms with Gasteiger partial charge in [0.05, 0.1) is 23.4 Å². The molecule has 2 fully saturated rings. The van der Waals surface area contributed by atoms with Crippen molar-refractivity contribution in [2.45, 2.75) is 62.4 Å². The van der Waals surface area contributed by atoms with Crippen LogP contribution in [0.5, 0.6) is 0 Å². The Bertz CT molecular complexity index is 1000. The highest BCUT2D eigenvalue weighted by molar-refractivity contribution is 5.87. The van der Waals surface area contributed by atoms with E-state index in [0.29, 0.717) is 12.8 Å². The molecular weight excluding hydrogens is 476 g/mol. The van der Waals surface area contributed by atoms with E-state index >= 15 is 0 Å². The quantitative estimate of drug-likeness (QED) is 0.252. The zero-order valence-electron chi connectivity index (χ0n) is 19.5. The summed E-state index contributed by atoms with van der Waals surface area (Å²) in [7, 11) is 0. The van der Waals surface area contributed by atoms with Gasteiger partial charge in [-0.05, 0) is 31.4 Å². The van der Waals surface area contributed by atoms with E-state index in [9.17, 15) is 35.1 Å². The van der Waals surface area contributed by atoms with Gasteiger partial charge in [-0.2, -0.15) is 0 Å². The molecular formula is C25H30O11. The monoisotopic (exact) mass is 506 g/mol. The van der Waals surface area contributed by atoms with Crippen molar-refractivity contribution in [3.05, 3.63) is 53.8 Å². The molecule has 0 radical (unpaired) electrons. The highest BCUT2D eigenvalue weighted by Crippen LogP contribution is 2.49. The zero-order valence-corrected chi connectivity index (χ0v) is 19.5. The fourth-order valence-electron chi connectivity index (χ4n) is 4.94. The van der Waals surface area contributed by atoms with E-state index in [1.807, 2.05) is 18.2 Å². The smallest absolute Gasteiger partial charge is 0.334 e. The highest BCUT2D eigenvalue weighted by atomic mass is 16.8. The lowest BCUT2D eigenvalue weighted by molar-refractivity contribution is -0.346. The van der Waals surface area contributed by atoms with Crippen LogP contribution in [0.25, 0.3) is 6.08 Å². The minimum absolute atomic E-state index is 0.00605. The molecule has 1 saturated heterocycles. The van der Waals surface area contributed by atoms with E-state index < -0.39 is 73.0 Å². The second-order valence-corrected chi connectivity index (χ2v) is 9.44. The molecule has 9 atom stereocenters. The van der Waals surface area contributed by atoms with E-state index in [-0.39, 0.29) is 5.57 Å².